The highest BCUT2D eigenvalue weighted by Crippen LogP contribution is 2.32. The SMILES string of the molecule is C[C@H](O)[C@H](C(Cl)c1ccccc1)N(Cc1ccccc1)Cc1ccccc1.O=S(=O)(O)O. The molecular formula is C24H28ClNO5S. The van der Waals surface area contributed by atoms with E-state index < -0.39 is 16.5 Å². The molecule has 0 heterocycles. The van der Waals surface area contributed by atoms with Crippen LogP contribution in [0.25, 0.3) is 0 Å². The van der Waals surface area contributed by atoms with Crippen LogP contribution >= 0.6 is 11.6 Å². The summed E-state index contributed by atoms with van der Waals surface area (Å²) in [4.78, 5) is 2.28. The van der Waals surface area contributed by atoms with Gasteiger partial charge in [-0.05, 0) is 23.6 Å². The lowest BCUT2D eigenvalue weighted by molar-refractivity contribution is 0.0477. The van der Waals surface area contributed by atoms with Crippen LogP contribution in [0.3, 0.4) is 0 Å². The minimum atomic E-state index is -4.67. The predicted octanol–water partition coefficient (Wildman–Crippen LogP) is 4.77. The van der Waals surface area contributed by atoms with Crippen LogP contribution in [0.2, 0.25) is 0 Å². The first-order valence-electron chi connectivity index (χ1n) is 10.0. The Morgan fingerprint density at radius 1 is 0.781 bits per heavy atom. The quantitative estimate of drug-likeness (QED) is 0.319. The summed E-state index contributed by atoms with van der Waals surface area (Å²) in [5, 5.41) is 10.3. The number of alkyl halides is 1. The van der Waals surface area contributed by atoms with Crippen LogP contribution < -0.4 is 0 Å². The zero-order valence-electron chi connectivity index (χ0n) is 17.7. The van der Waals surface area contributed by atoms with E-state index in [1.165, 1.54) is 11.1 Å². The largest absolute Gasteiger partial charge is 0.394 e. The van der Waals surface area contributed by atoms with Gasteiger partial charge in [-0.3, -0.25) is 14.0 Å². The van der Waals surface area contributed by atoms with E-state index in [2.05, 4.69) is 29.2 Å². The van der Waals surface area contributed by atoms with E-state index in [9.17, 15) is 5.11 Å². The molecule has 0 bridgehead atoms. The molecule has 6 nitrogen and oxygen atoms in total. The second-order valence-corrected chi connectivity index (χ2v) is 8.73. The van der Waals surface area contributed by atoms with E-state index in [1.54, 1.807) is 0 Å². The summed E-state index contributed by atoms with van der Waals surface area (Å²) in [6.45, 7) is 3.27. The van der Waals surface area contributed by atoms with Crippen molar-refractivity contribution in [2.24, 2.45) is 0 Å². The fraction of sp³-hybridized carbons (Fsp3) is 0.250. The highest BCUT2D eigenvalue weighted by molar-refractivity contribution is 7.79. The van der Waals surface area contributed by atoms with E-state index >= 15 is 0 Å². The van der Waals surface area contributed by atoms with Crippen molar-refractivity contribution in [1.29, 1.82) is 0 Å². The molecule has 3 atom stereocenters. The molecule has 0 saturated heterocycles. The molecule has 172 valence electrons. The topological polar surface area (TPSA) is 98.1 Å². The van der Waals surface area contributed by atoms with Gasteiger partial charge < -0.3 is 5.11 Å². The lowest BCUT2D eigenvalue weighted by atomic mass is 9.98. The number of rotatable bonds is 8. The third-order valence-electron chi connectivity index (χ3n) is 4.79. The monoisotopic (exact) mass is 477 g/mol. The van der Waals surface area contributed by atoms with Crippen molar-refractivity contribution in [3.8, 4) is 0 Å². The molecule has 3 aromatic rings. The first-order valence-corrected chi connectivity index (χ1v) is 11.9. The smallest absolute Gasteiger partial charge is 0.392 e. The third-order valence-corrected chi connectivity index (χ3v) is 5.30. The van der Waals surface area contributed by atoms with Gasteiger partial charge in [0.25, 0.3) is 0 Å². The average molecular weight is 478 g/mol. The van der Waals surface area contributed by atoms with Crippen molar-refractivity contribution in [3.63, 3.8) is 0 Å². The Bertz CT molecular complexity index is 969. The van der Waals surface area contributed by atoms with Gasteiger partial charge >= 0.3 is 10.4 Å². The molecule has 1 unspecified atom stereocenters. The molecule has 0 saturated carbocycles. The highest BCUT2D eigenvalue weighted by Gasteiger charge is 2.31. The van der Waals surface area contributed by atoms with Crippen molar-refractivity contribution in [1.82, 2.24) is 4.90 Å². The first-order chi connectivity index (χ1) is 15.1. The number of nitrogens with zero attached hydrogens (tertiary/aromatic N) is 1. The number of halogens is 1. The maximum Gasteiger partial charge on any atom is 0.394 e. The molecule has 0 aliphatic rings. The standard InChI is InChI=1S/C24H26ClNO.H2O4S/c1-19(27)24(23(25)22-15-9-4-10-16-22)26(17-20-11-5-2-6-12-20)18-21-13-7-3-8-14-21;1-5(2,3)4/h2-16,19,23-24,27H,17-18H2,1H3;(H2,1,2,3,4)/t19-,23?,24+;/m0./s1. The Kier molecular flexibility index (Phi) is 10.3. The fourth-order valence-corrected chi connectivity index (χ4v) is 3.99. The Morgan fingerprint density at radius 2 is 1.12 bits per heavy atom. The molecule has 0 fully saturated rings. The van der Waals surface area contributed by atoms with Gasteiger partial charge in [0.2, 0.25) is 0 Å². The molecule has 3 rings (SSSR count). The first kappa shape index (κ1) is 26.0. The zero-order valence-corrected chi connectivity index (χ0v) is 19.3. The molecule has 0 spiro atoms. The number of hydrogen-bond acceptors (Lipinski definition) is 4. The van der Waals surface area contributed by atoms with Gasteiger partial charge in [-0.25, -0.2) is 0 Å². The van der Waals surface area contributed by atoms with Crippen LogP contribution in [0.1, 0.15) is 29.0 Å². The van der Waals surface area contributed by atoms with Crippen molar-refractivity contribution >= 4 is 22.0 Å². The van der Waals surface area contributed by atoms with Crippen LogP contribution in [0, 0.1) is 0 Å². The maximum atomic E-state index is 10.6. The predicted molar refractivity (Wildman–Crippen MR) is 127 cm³/mol. The minimum absolute atomic E-state index is 0.213. The number of aliphatic hydroxyl groups excluding tert-OH is 1. The van der Waals surface area contributed by atoms with E-state index in [-0.39, 0.29) is 11.4 Å². The number of aliphatic hydroxyl groups is 1. The van der Waals surface area contributed by atoms with Gasteiger partial charge in [-0.1, -0.05) is 91.0 Å². The molecular weight excluding hydrogens is 450 g/mol. The van der Waals surface area contributed by atoms with Crippen molar-refractivity contribution in [2.45, 2.75) is 37.5 Å². The van der Waals surface area contributed by atoms with Gasteiger partial charge in [0.1, 0.15) is 0 Å². The van der Waals surface area contributed by atoms with Gasteiger partial charge in [-0.2, -0.15) is 8.42 Å². The van der Waals surface area contributed by atoms with Crippen LogP contribution in [-0.2, 0) is 23.5 Å². The van der Waals surface area contributed by atoms with Crippen molar-refractivity contribution in [3.05, 3.63) is 108 Å². The maximum absolute atomic E-state index is 10.6. The summed E-state index contributed by atoms with van der Waals surface area (Å²) in [7, 11) is -4.67. The average Bonchev–Trinajstić information content (AvgIpc) is 2.74. The molecule has 3 aromatic carbocycles. The Labute approximate surface area is 194 Å². The third kappa shape index (κ3) is 9.48. The Hall–Kier alpha value is -2.26. The summed E-state index contributed by atoms with van der Waals surface area (Å²) in [6, 6.07) is 30.5. The zero-order chi connectivity index (χ0) is 23.6. The van der Waals surface area contributed by atoms with E-state index in [4.69, 9.17) is 29.1 Å². The second-order valence-electron chi connectivity index (χ2n) is 7.37. The molecule has 3 N–H and O–H groups in total. The van der Waals surface area contributed by atoms with E-state index in [0.717, 1.165) is 18.7 Å². The van der Waals surface area contributed by atoms with Crippen LogP contribution in [0.4, 0.5) is 0 Å². The second kappa shape index (κ2) is 12.7. The van der Waals surface area contributed by atoms with E-state index in [0.29, 0.717) is 0 Å². The van der Waals surface area contributed by atoms with Crippen molar-refractivity contribution in [2.75, 3.05) is 0 Å². The Balaban J connectivity index is 0.000000654. The summed E-state index contributed by atoms with van der Waals surface area (Å²) in [5.74, 6) is 0. The summed E-state index contributed by atoms with van der Waals surface area (Å²) in [5.41, 5.74) is 3.43. The highest BCUT2D eigenvalue weighted by atomic mass is 35.5. The molecule has 32 heavy (non-hydrogen) atoms. The lowest BCUT2D eigenvalue weighted by Crippen LogP contribution is -2.44. The molecule has 8 heteroatoms. The Morgan fingerprint density at radius 3 is 1.47 bits per heavy atom. The lowest BCUT2D eigenvalue weighted by Gasteiger charge is -2.37. The molecule has 0 radical (unpaired) electrons. The van der Waals surface area contributed by atoms with Crippen LogP contribution in [0.5, 0.6) is 0 Å². The van der Waals surface area contributed by atoms with Gasteiger partial charge in [0.15, 0.2) is 0 Å². The molecule has 0 aromatic heterocycles. The number of benzene rings is 3. The van der Waals surface area contributed by atoms with E-state index in [1.807, 2.05) is 73.7 Å². The fourth-order valence-electron chi connectivity index (χ4n) is 3.47. The van der Waals surface area contributed by atoms with Gasteiger partial charge in [-0.15, -0.1) is 11.6 Å². The molecule has 0 aliphatic heterocycles. The van der Waals surface area contributed by atoms with Crippen LogP contribution in [0.15, 0.2) is 91.0 Å². The van der Waals surface area contributed by atoms with Crippen molar-refractivity contribution < 1.29 is 22.6 Å². The number of hydrogen-bond donors (Lipinski definition) is 3. The van der Waals surface area contributed by atoms with Crippen LogP contribution in [-0.4, -0.2) is 39.7 Å². The molecule has 0 aliphatic carbocycles. The minimum Gasteiger partial charge on any atom is -0.392 e. The normalized spacial score (nSPS) is 14.2. The summed E-state index contributed by atoms with van der Waals surface area (Å²) >= 11 is 6.89. The van der Waals surface area contributed by atoms with Gasteiger partial charge in [0, 0.05) is 13.1 Å². The summed E-state index contributed by atoms with van der Waals surface area (Å²) in [6.07, 6.45) is -0.569. The summed E-state index contributed by atoms with van der Waals surface area (Å²) < 4.78 is 31.6. The molecule has 0 amide bonds. The van der Waals surface area contributed by atoms with Gasteiger partial charge in [0.05, 0.1) is 17.5 Å².